The molecule has 1 aromatic heterocycles. The normalized spacial score (nSPS) is 16.4. The summed E-state index contributed by atoms with van der Waals surface area (Å²) in [6.07, 6.45) is 7.69. The molecule has 0 spiro atoms. The van der Waals surface area contributed by atoms with E-state index in [1.165, 1.54) is 43.5 Å². The van der Waals surface area contributed by atoms with Crippen LogP contribution in [0.3, 0.4) is 0 Å². The summed E-state index contributed by atoms with van der Waals surface area (Å²) in [6.45, 7) is 7.43. The number of hydrogen-bond acceptors (Lipinski definition) is 3. The van der Waals surface area contributed by atoms with Crippen LogP contribution in [0.4, 0.5) is 0 Å². The second kappa shape index (κ2) is 7.75. The Morgan fingerprint density at radius 3 is 2.65 bits per heavy atom. The predicted molar refractivity (Wildman–Crippen MR) is 84.5 cm³/mol. The third-order valence-electron chi connectivity index (χ3n) is 4.08. The van der Waals surface area contributed by atoms with Gasteiger partial charge in [0.15, 0.2) is 0 Å². The first-order chi connectivity index (χ1) is 9.63. The van der Waals surface area contributed by atoms with Crippen molar-refractivity contribution in [3.63, 3.8) is 0 Å². The lowest BCUT2D eigenvalue weighted by Gasteiger charge is -2.20. The van der Waals surface area contributed by atoms with Gasteiger partial charge in [0.25, 0.3) is 0 Å². The van der Waals surface area contributed by atoms with Crippen LogP contribution in [0, 0.1) is 5.92 Å². The zero-order valence-corrected chi connectivity index (χ0v) is 13.2. The minimum atomic E-state index is 0.521. The highest BCUT2D eigenvalue weighted by Crippen LogP contribution is 2.25. The molecule has 20 heavy (non-hydrogen) atoms. The molecule has 0 saturated heterocycles. The van der Waals surface area contributed by atoms with Crippen molar-refractivity contribution >= 4 is 0 Å². The van der Waals surface area contributed by atoms with Crippen molar-refractivity contribution < 1.29 is 0 Å². The van der Waals surface area contributed by atoms with Crippen molar-refractivity contribution in [1.29, 1.82) is 0 Å². The summed E-state index contributed by atoms with van der Waals surface area (Å²) in [4.78, 5) is 7.01. The Balaban J connectivity index is 1.77. The first kappa shape index (κ1) is 15.5. The quantitative estimate of drug-likeness (QED) is 0.828. The van der Waals surface area contributed by atoms with Gasteiger partial charge in [0.1, 0.15) is 0 Å². The molecule has 1 aliphatic rings. The molecule has 1 heterocycles. The largest absolute Gasteiger partial charge is 0.310 e. The molecule has 1 N–H and O–H groups in total. The van der Waals surface area contributed by atoms with Gasteiger partial charge >= 0.3 is 0 Å². The molecule has 2 rings (SSSR count). The van der Waals surface area contributed by atoms with E-state index in [1.807, 2.05) is 6.20 Å². The van der Waals surface area contributed by atoms with Crippen molar-refractivity contribution in [2.24, 2.45) is 5.92 Å². The minimum Gasteiger partial charge on any atom is -0.310 e. The number of rotatable bonds is 7. The van der Waals surface area contributed by atoms with Crippen LogP contribution in [0.25, 0.3) is 0 Å². The molecule has 0 radical (unpaired) electrons. The maximum atomic E-state index is 4.59. The van der Waals surface area contributed by atoms with E-state index in [4.69, 9.17) is 0 Å². The smallest absolute Gasteiger partial charge is 0.0544 e. The zero-order chi connectivity index (χ0) is 14.4. The number of nitrogens with zero attached hydrogens (tertiary/aromatic N) is 2. The van der Waals surface area contributed by atoms with Crippen LogP contribution in [0.15, 0.2) is 18.3 Å². The topological polar surface area (TPSA) is 28.2 Å². The molecule has 0 aromatic carbocycles. The highest BCUT2D eigenvalue weighted by Gasteiger charge is 2.16. The van der Waals surface area contributed by atoms with Crippen molar-refractivity contribution in [2.45, 2.75) is 58.7 Å². The summed E-state index contributed by atoms with van der Waals surface area (Å²) in [5, 5.41) is 3.42. The van der Waals surface area contributed by atoms with E-state index < -0.39 is 0 Å². The molecule has 3 nitrogen and oxygen atoms in total. The fourth-order valence-corrected chi connectivity index (χ4v) is 2.95. The van der Waals surface area contributed by atoms with Gasteiger partial charge in [-0.15, -0.1) is 0 Å². The molecular formula is C17H29N3. The third kappa shape index (κ3) is 5.22. The molecule has 1 aromatic rings. The molecule has 0 unspecified atom stereocenters. The van der Waals surface area contributed by atoms with E-state index in [0.29, 0.717) is 6.04 Å². The lowest BCUT2D eigenvalue weighted by molar-refractivity contribution is 0.268. The van der Waals surface area contributed by atoms with E-state index in [-0.39, 0.29) is 0 Å². The van der Waals surface area contributed by atoms with E-state index >= 15 is 0 Å². The molecule has 0 atom stereocenters. The Kier molecular flexibility index (Phi) is 5.99. The Hall–Kier alpha value is -0.930. The average molecular weight is 275 g/mol. The van der Waals surface area contributed by atoms with Gasteiger partial charge in [0.05, 0.1) is 5.69 Å². The van der Waals surface area contributed by atoms with Gasteiger partial charge in [0, 0.05) is 31.9 Å². The fourth-order valence-electron chi connectivity index (χ4n) is 2.95. The van der Waals surface area contributed by atoms with Crippen LogP contribution in [0.2, 0.25) is 0 Å². The van der Waals surface area contributed by atoms with Gasteiger partial charge in [0.2, 0.25) is 0 Å². The Morgan fingerprint density at radius 1 is 1.30 bits per heavy atom. The van der Waals surface area contributed by atoms with Crippen molar-refractivity contribution in [1.82, 2.24) is 15.2 Å². The summed E-state index contributed by atoms with van der Waals surface area (Å²) >= 11 is 0. The van der Waals surface area contributed by atoms with Gasteiger partial charge in [-0.2, -0.15) is 0 Å². The highest BCUT2D eigenvalue weighted by atomic mass is 15.1. The minimum absolute atomic E-state index is 0.521. The van der Waals surface area contributed by atoms with E-state index in [0.717, 1.165) is 19.0 Å². The van der Waals surface area contributed by atoms with Gasteiger partial charge in [-0.3, -0.25) is 4.98 Å². The van der Waals surface area contributed by atoms with Crippen LogP contribution >= 0.6 is 0 Å². The maximum absolute atomic E-state index is 4.59. The lowest BCUT2D eigenvalue weighted by atomic mass is 10.1. The number of nitrogens with one attached hydrogen (secondary N) is 1. The van der Waals surface area contributed by atoms with Crippen LogP contribution in [0.5, 0.6) is 0 Å². The molecule has 1 aliphatic carbocycles. The Labute approximate surface area is 123 Å². The molecule has 1 fully saturated rings. The summed E-state index contributed by atoms with van der Waals surface area (Å²) in [6, 6.07) is 4.89. The van der Waals surface area contributed by atoms with Crippen molar-refractivity contribution in [3.05, 3.63) is 29.6 Å². The maximum Gasteiger partial charge on any atom is 0.0544 e. The molecule has 0 amide bonds. The van der Waals surface area contributed by atoms with E-state index in [2.05, 4.69) is 48.2 Å². The zero-order valence-electron chi connectivity index (χ0n) is 13.2. The van der Waals surface area contributed by atoms with Crippen LogP contribution < -0.4 is 5.32 Å². The van der Waals surface area contributed by atoms with Crippen molar-refractivity contribution in [3.8, 4) is 0 Å². The van der Waals surface area contributed by atoms with Crippen LogP contribution in [-0.2, 0) is 13.1 Å². The second-order valence-corrected chi connectivity index (χ2v) is 6.54. The third-order valence-corrected chi connectivity index (χ3v) is 4.08. The first-order valence-electron chi connectivity index (χ1n) is 7.99. The number of pyridine rings is 1. The number of hydrogen-bond donors (Lipinski definition) is 1. The fraction of sp³-hybridized carbons (Fsp3) is 0.706. The summed E-state index contributed by atoms with van der Waals surface area (Å²) in [5.41, 5.74) is 2.44. The molecule has 0 aliphatic heterocycles. The second-order valence-electron chi connectivity index (χ2n) is 6.54. The molecule has 3 heteroatoms. The summed E-state index contributed by atoms with van der Waals surface area (Å²) in [5.74, 6) is 0.912. The molecule has 0 bridgehead atoms. The van der Waals surface area contributed by atoms with E-state index in [1.54, 1.807) is 0 Å². The lowest BCUT2D eigenvalue weighted by Crippen LogP contribution is -2.24. The van der Waals surface area contributed by atoms with Gasteiger partial charge < -0.3 is 10.2 Å². The molecule has 112 valence electrons. The first-order valence-corrected chi connectivity index (χ1v) is 7.99. The predicted octanol–water partition coefficient (Wildman–Crippen LogP) is 3.20. The van der Waals surface area contributed by atoms with Crippen LogP contribution in [-0.4, -0.2) is 29.5 Å². The van der Waals surface area contributed by atoms with E-state index in [9.17, 15) is 0 Å². The standard InChI is InChI=1S/C17H29N3/c1-14(2)18-10-16-8-9-17(19-11-16)13-20(3)12-15-6-4-5-7-15/h8-9,11,14-15,18H,4-7,10,12-13H2,1-3H3. The SMILES string of the molecule is CC(C)NCc1ccc(CN(C)CC2CCCC2)nc1. The average Bonchev–Trinajstić information content (AvgIpc) is 2.90. The highest BCUT2D eigenvalue weighted by molar-refractivity contribution is 5.14. The summed E-state index contributed by atoms with van der Waals surface area (Å²) < 4.78 is 0. The van der Waals surface area contributed by atoms with Gasteiger partial charge in [-0.1, -0.05) is 32.8 Å². The summed E-state index contributed by atoms with van der Waals surface area (Å²) in [7, 11) is 2.22. The Bertz CT molecular complexity index is 380. The van der Waals surface area contributed by atoms with Gasteiger partial charge in [-0.25, -0.2) is 0 Å². The molecule has 1 saturated carbocycles. The number of aromatic nitrogens is 1. The van der Waals surface area contributed by atoms with Crippen LogP contribution in [0.1, 0.15) is 50.8 Å². The van der Waals surface area contributed by atoms with Crippen molar-refractivity contribution in [2.75, 3.05) is 13.6 Å². The Morgan fingerprint density at radius 2 is 2.05 bits per heavy atom. The van der Waals surface area contributed by atoms with Gasteiger partial charge in [-0.05, 0) is 37.4 Å². The monoisotopic (exact) mass is 275 g/mol. The molecular weight excluding hydrogens is 246 g/mol.